The highest BCUT2D eigenvalue weighted by molar-refractivity contribution is 6.28. The van der Waals surface area contributed by atoms with Gasteiger partial charge in [-0.2, -0.15) is 0 Å². The summed E-state index contributed by atoms with van der Waals surface area (Å²) in [6.07, 6.45) is 1.23. The van der Waals surface area contributed by atoms with Crippen LogP contribution in [0.2, 0.25) is 10.6 Å². The van der Waals surface area contributed by atoms with Crippen LogP contribution in [0.15, 0.2) is 0 Å². The van der Waals surface area contributed by atoms with Gasteiger partial charge in [0.25, 0.3) is 11.8 Å². The van der Waals surface area contributed by atoms with E-state index in [1.807, 2.05) is 20.8 Å². The number of rotatable bonds is 4. The zero-order valence-corrected chi connectivity index (χ0v) is 19.4. The Kier molecular flexibility index (Phi) is 5.87. The van der Waals surface area contributed by atoms with Gasteiger partial charge in [0, 0.05) is 38.4 Å². The summed E-state index contributed by atoms with van der Waals surface area (Å²) in [7, 11) is 1.78. The molecular formula is C21H24Cl2N6O2. The number of nitrogens with zero attached hydrogens (tertiary/aromatic N) is 5. The van der Waals surface area contributed by atoms with E-state index in [4.69, 9.17) is 23.2 Å². The third-order valence-electron chi connectivity index (χ3n) is 5.89. The lowest BCUT2D eigenvalue weighted by molar-refractivity contribution is 0.0756. The minimum absolute atomic E-state index is 0.0270. The highest BCUT2D eigenvalue weighted by Crippen LogP contribution is 2.38. The van der Waals surface area contributed by atoms with Crippen molar-refractivity contribution in [1.29, 1.82) is 0 Å². The molecule has 164 valence electrons. The van der Waals surface area contributed by atoms with E-state index in [1.165, 1.54) is 0 Å². The second kappa shape index (κ2) is 8.31. The third-order valence-corrected chi connectivity index (χ3v) is 6.23. The van der Waals surface area contributed by atoms with E-state index < -0.39 is 0 Å². The van der Waals surface area contributed by atoms with Crippen molar-refractivity contribution in [2.45, 2.75) is 51.4 Å². The molecule has 2 amide bonds. The Balaban J connectivity index is 1.75. The summed E-state index contributed by atoms with van der Waals surface area (Å²) < 4.78 is 0. The molecule has 0 saturated heterocycles. The number of nitrogens with one attached hydrogen (secondary N) is 1. The maximum absolute atomic E-state index is 12.9. The second-order valence-electron chi connectivity index (χ2n) is 8.52. The van der Waals surface area contributed by atoms with Crippen molar-refractivity contribution in [3.05, 3.63) is 44.5 Å². The first-order chi connectivity index (χ1) is 14.7. The minimum Gasteiger partial charge on any atom is -0.352 e. The molecule has 0 aromatic carbocycles. The molecule has 0 bridgehead atoms. The highest BCUT2D eigenvalue weighted by Gasteiger charge is 2.36. The molecule has 2 aliphatic rings. The van der Waals surface area contributed by atoms with Crippen molar-refractivity contribution >= 4 is 35.0 Å². The molecule has 0 saturated carbocycles. The summed E-state index contributed by atoms with van der Waals surface area (Å²) in [6.45, 7) is 6.99. The molecule has 2 atom stereocenters. The smallest absolute Gasteiger partial charge is 0.257 e. The van der Waals surface area contributed by atoms with Crippen LogP contribution in [-0.4, -0.2) is 56.8 Å². The van der Waals surface area contributed by atoms with Crippen LogP contribution in [0.5, 0.6) is 0 Å². The molecule has 2 unspecified atom stereocenters. The molecule has 0 aliphatic carbocycles. The number of halogens is 2. The summed E-state index contributed by atoms with van der Waals surface area (Å²) in [5.74, 6) is -0.445. The molecule has 2 aromatic rings. The molecule has 0 spiro atoms. The number of hydrogen-bond acceptors (Lipinski definition) is 6. The summed E-state index contributed by atoms with van der Waals surface area (Å²) in [5, 5.41) is 3.14. The van der Waals surface area contributed by atoms with Gasteiger partial charge in [-0.05, 0) is 35.5 Å². The second-order valence-corrected chi connectivity index (χ2v) is 9.19. The number of fused-ring (bicyclic) bond motifs is 2. The van der Waals surface area contributed by atoms with Crippen LogP contribution in [0.4, 0.5) is 0 Å². The lowest BCUT2D eigenvalue weighted by Crippen LogP contribution is -2.39. The molecule has 10 heteroatoms. The molecule has 4 heterocycles. The number of amides is 2. The zero-order valence-electron chi connectivity index (χ0n) is 17.9. The Morgan fingerprint density at radius 3 is 2.42 bits per heavy atom. The van der Waals surface area contributed by atoms with Gasteiger partial charge in [0.1, 0.15) is 0 Å². The Morgan fingerprint density at radius 2 is 1.71 bits per heavy atom. The van der Waals surface area contributed by atoms with Crippen molar-refractivity contribution < 1.29 is 9.59 Å². The van der Waals surface area contributed by atoms with Gasteiger partial charge >= 0.3 is 0 Å². The molecular weight excluding hydrogens is 439 g/mol. The molecule has 1 N–H and O–H groups in total. The average Bonchev–Trinajstić information content (AvgIpc) is 2.70. The standard InChI is InChI=1S/C21H24Cl2N6O2/c1-9(2)15-14-17(28-21(23)26-15)11(8-29(4)19(14)31)7-10(3)16-13-12(25-20(22)27-16)5-6-24-18(13)30/h9-11H,5-8H2,1-4H3,(H,24,30). The van der Waals surface area contributed by atoms with Crippen LogP contribution >= 0.6 is 23.2 Å². The molecule has 0 fully saturated rings. The largest absolute Gasteiger partial charge is 0.352 e. The van der Waals surface area contributed by atoms with Crippen LogP contribution in [0.1, 0.15) is 88.4 Å². The fourth-order valence-corrected chi connectivity index (χ4v) is 4.85. The first-order valence-corrected chi connectivity index (χ1v) is 11.1. The van der Waals surface area contributed by atoms with Crippen molar-refractivity contribution in [3.63, 3.8) is 0 Å². The van der Waals surface area contributed by atoms with Crippen LogP contribution < -0.4 is 5.32 Å². The predicted octanol–water partition coefficient (Wildman–Crippen LogP) is 3.35. The van der Waals surface area contributed by atoms with E-state index in [0.29, 0.717) is 59.8 Å². The number of carbonyl (C=O) groups is 2. The van der Waals surface area contributed by atoms with Crippen LogP contribution in [0.3, 0.4) is 0 Å². The van der Waals surface area contributed by atoms with Gasteiger partial charge < -0.3 is 10.2 Å². The Bertz CT molecular complexity index is 1070. The number of carbonyl (C=O) groups excluding carboxylic acids is 2. The van der Waals surface area contributed by atoms with Gasteiger partial charge in [-0.3, -0.25) is 9.59 Å². The Morgan fingerprint density at radius 1 is 1.03 bits per heavy atom. The quantitative estimate of drug-likeness (QED) is 0.698. The number of likely N-dealkylation sites (N-methyl/N-ethyl adjacent to an activating group) is 1. The zero-order chi connectivity index (χ0) is 22.4. The fraction of sp³-hybridized carbons (Fsp3) is 0.524. The molecule has 2 aromatic heterocycles. The summed E-state index contributed by atoms with van der Waals surface area (Å²) in [4.78, 5) is 44.6. The minimum atomic E-state index is -0.177. The summed E-state index contributed by atoms with van der Waals surface area (Å²) in [6, 6.07) is 0. The lowest BCUT2D eigenvalue weighted by atomic mass is 9.83. The van der Waals surface area contributed by atoms with E-state index in [2.05, 4.69) is 25.3 Å². The van der Waals surface area contributed by atoms with Crippen molar-refractivity contribution in [3.8, 4) is 0 Å². The van der Waals surface area contributed by atoms with Gasteiger partial charge in [0.05, 0.1) is 33.9 Å². The van der Waals surface area contributed by atoms with E-state index in [1.54, 1.807) is 11.9 Å². The Hall–Kier alpha value is -2.32. The van der Waals surface area contributed by atoms with Gasteiger partial charge in [-0.25, -0.2) is 19.9 Å². The third kappa shape index (κ3) is 3.99. The van der Waals surface area contributed by atoms with Crippen LogP contribution in [0, 0.1) is 0 Å². The SMILES string of the molecule is CC(C)c1nc(Cl)nc2c1C(=O)N(C)CC2CC(C)c1nc(Cl)nc2c1C(=O)NCC2. The van der Waals surface area contributed by atoms with Crippen molar-refractivity contribution in [2.75, 3.05) is 20.1 Å². The van der Waals surface area contributed by atoms with E-state index in [0.717, 1.165) is 0 Å². The maximum atomic E-state index is 12.9. The van der Waals surface area contributed by atoms with Crippen molar-refractivity contribution in [2.24, 2.45) is 0 Å². The van der Waals surface area contributed by atoms with Gasteiger partial charge in [-0.1, -0.05) is 20.8 Å². The lowest BCUT2D eigenvalue weighted by Gasteiger charge is -2.34. The van der Waals surface area contributed by atoms with E-state index in [9.17, 15) is 9.59 Å². The topological polar surface area (TPSA) is 101 Å². The first-order valence-electron chi connectivity index (χ1n) is 10.3. The normalized spacial score (nSPS) is 19.2. The van der Waals surface area contributed by atoms with Crippen LogP contribution in [-0.2, 0) is 6.42 Å². The molecule has 8 nitrogen and oxygen atoms in total. The predicted molar refractivity (Wildman–Crippen MR) is 117 cm³/mol. The van der Waals surface area contributed by atoms with E-state index in [-0.39, 0.29) is 40.1 Å². The Labute approximate surface area is 190 Å². The van der Waals surface area contributed by atoms with Crippen molar-refractivity contribution in [1.82, 2.24) is 30.2 Å². The van der Waals surface area contributed by atoms with Gasteiger partial charge in [0.2, 0.25) is 10.6 Å². The first kappa shape index (κ1) is 21.9. The fourth-order valence-electron chi connectivity index (χ4n) is 4.48. The maximum Gasteiger partial charge on any atom is 0.257 e. The summed E-state index contributed by atoms with van der Waals surface area (Å²) in [5.41, 5.74) is 3.66. The van der Waals surface area contributed by atoms with Gasteiger partial charge in [0.15, 0.2) is 0 Å². The van der Waals surface area contributed by atoms with Gasteiger partial charge in [-0.15, -0.1) is 0 Å². The molecule has 0 radical (unpaired) electrons. The molecule has 31 heavy (non-hydrogen) atoms. The van der Waals surface area contributed by atoms with E-state index >= 15 is 0 Å². The highest BCUT2D eigenvalue weighted by atomic mass is 35.5. The number of aromatic nitrogens is 4. The monoisotopic (exact) mass is 462 g/mol. The molecule has 4 rings (SSSR count). The summed E-state index contributed by atoms with van der Waals surface area (Å²) >= 11 is 12.4. The molecule has 2 aliphatic heterocycles. The van der Waals surface area contributed by atoms with Crippen LogP contribution in [0.25, 0.3) is 0 Å². The number of hydrogen-bond donors (Lipinski definition) is 1. The average molecular weight is 463 g/mol.